The Balaban J connectivity index is 1.91. The molecule has 0 spiro atoms. The summed E-state index contributed by atoms with van der Waals surface area (Å²) in [6, 6.07) is 8.56. The molecular formula is C14H16O. The molecule has 15 heavy (non-hydrogen) atoms. The fourth-order valence-electron chi connectivity index (χ4n) is 2.51. The van der Waals surface area contributed by atoms with Crippen molar-refractivity contribution in [2.24, 2.45) is 0 Å². The minimum atomic E-state index is 0.294. The van der Waals surface area contributed by atoms with Crippen LogP contribution in [0.25, 0.3) is 0 Å². The first kappa shape index (κ1) is 9.17. The highest BCUT2D eigenvalue weighted by molar-refractivity contribution is 5.37. The van der Waals surface area contributed by atoms with Gasteiger partial charge in [0.25, 0.3) is 0 Å². The molecule has 1 saturated carbocycles. The SMILES string of the molecule is CC1=C2CC2OC(c2ccccc2C)C1. The standard InChI is InChI=1S/C14H16O/c1-9-5-3-4-6-11(9)13-7-10(2)12-8-14(12)15-13/h3-6,13-14H,7-8H2,1-2H3. The molecule has 0 aromatic heterocycles. The van der Waals surface area contributed by atoms with Gasteiger partial charge in [-0.15, -0.1) is 0 Å². The Labute approximate surface area is 90.8 Å². The molecule has 2 aliphatic rings. The van der Waals surface area contributed by atoms with Crippen molar-refractivity contribution in [3.8, 4) is 0 Å². The Hall–Kier alpha value is -1.08. The molecule has 1 aliphatic carbocycles. The van der Waals surface area contributed by atoms with Gasteiger partial charge in [0.15, 0.2) is 0 Å². The van der Waals surface area contributed by atoms with Crippen molar-refractivity contribution in [3.63, 3.8) is 0 Å². The minimum Gasteiger partial charge on any atom is -0.365 e. The van der Waals surface area contributed by atoms with Crippen LogP contribution in [0, 0.1) is 6.92 Å². The first-order valence-electron chi connectivity index (χ1n) is 5.65. The third kappa shape index (κ3) is 1.51. The van der Waals surface area contributed by atoms with Crippen LogP contribution >= 0.6 is 0 Å². The third-order valence-electron chi connectivity index (χ3n) is 3.54. The first-order chi connectivity index (χ1) is 7.25. The zero-order valence-electron chi connectivity index (χ0n) is 9.29. The first-order valence-corrected chi connectivity index (χ1v) is 5.65. The van der Waals surface area contributed by atoms with E-state index in [4.69, 9.17) is 4.74 Å². The molecule has 1 aromatic rings. The van der Waals surface area contributed by atoms with Gasteiger partial charge in [-0.2, -0.15) is 0 Å². The smallest absolute Gasteiger partial charge is 0.0872 e. The van der Waals surface area contributed by atoms with Gasteiger partial charge in [0.05, 0.1) is 12.2 Å². The van der Waals surface area contributed by atoms with E-state index in [-0.39, 0.29) is 0 Å². The number of benzene rings is 1. The van der Waals surface area contributed by atoms with E-state index in [0.29, 0.717) is 12.2 Å². The van der Waals surface area contributed by atoms with Crippen molar-refractivity contribution >= 4 is 0 Å². The number of rotatable bonds is 1. The largest absolute Gasteiger partial charge is 0.365 e. The molecule has 0 bridgehead atoms. The Morgan fingerprint density at radius 1 is 1.07 bits per heavy atom. The Kier molecular flexibility index (Phi) is 1.96. The Morgan fingerprint density at radius 2 is 1.87 bits per heavy atom. The van der Waals surface area contributed by atoms with Crippen molar-refractivity contribution < 1.29 is 4.74 Å². The second-order valence-electron chi connectivity index (χ2n) is 4.68. The van der Waals surface area contributed by atoms with Crippen molar-refractivity contribution in [1.82, 2.24) is 0 Å². The summed E-state index contributed by atoms with van der Waals surface area (Å²) in [4.78, 5) is 0. The summed E-state index contributed by atoms with van der Waals surface area (Å²) in [7, 11) is 0. The highest BCUT2D eigenvalue weighted by Crippen LogP contribution is 2.47. The van der Waals surface area contributed by atoms with Crippen molar-refractivity contribution in [2.75, 3.05) is 0 Å². The van der Waals surface area contributed by atoms with Crippen LogP contribution in [0.4, 0.5) is 0 Å². The molecule has 1 fully saturated rings. The molecule has 78 valence electrons. The van der Waals surface area contributed by atoms with Crippen LogP contribution in [0.5, 0.6) is 0 Å². The molecule has 2 unspecified atom stereocenters. The maximum atomic E-state index is 6.04. The average Bonchev–Trinajstić information content (AvgIpc) is 2.98. The molecular weight excluding hydrogens is 184 g/mol. The van der Waals surface area contributed by atoms with Gasteiger partial charge < -0.3 is 4.74 Å². The molecule has 1 aliphatic heterocycles. The molecule has 0 radical (unpaired) electrons. The van der Waals surface area contributed by atoms with Gasteiger partial charge in [0.1, 0.15) is 0 Å². The molecule has 0 amide bonds. The summed E-state index contributed by atoms with van der Waals surface area (Å²) in [5.74, 6) is 0. The van der Waals surface area contributed by atoms with Crippen molar-refractivity contribution in [1.29, 1.82) is 0 Å². The summed E-state index contributed by atoms with van der Waals surface area (Å²) < 4.78 is 6.04. The molecule has 1 nitrogen and oxygen atoms in total. The summed E-state index contributed by atoms with van der Waals surface area (Å²) in [6.07, 6.45) is 3.00. The van der Waals surface area contributed by atoms with Crippen LogP contribution in [0.3, 0.4) is 0 Å². The molecule has 0 N–H and O–H groups in total. The lowest BCUT2D eigenvalue weighted by Gasteiger charge is -2.23. The van der Waals surface area contributed by atoms with Gasteiger partial charge in [0, 0.05) is 6.42 Å². The Morgan fingerprint density at radius 3 is 2.60 bits per heavy atom. The van der Waals surface area contributed by atoms with Gasteiger partial charge in [0.2, 0.25) is 0 Å². The van der Waals surface area contributed by atoms with Crippen LogP contribution in [0.2, 0.25) is 0 Å². The maximum absolute atomic E-state index is 6.04. The number of hydrogen-bond donors (Lipinski definition) is 0. The second kappa shape index (κ2) is 3.21. The zero-order chi connectivity index (χ0) is 10.4. The van der Waals surface area contributed by atoms with E-state index in [9.17, 15) is 0 Å². The van der Waals surface area contributed by atoms with Crippen LogP contribution in [-0.2, 0) is 4.74 Å². The summed E-state index contributed by atoms with van der Waals surface area (Å²) in [5, 5.41) is 0. The van der Waals surface area contributed by atoms with Crippen LogP contribution in [0.1, 0.15) is 37.0 Å². The normalized spacial score (nSPS) is 28.9. The lowest BCUT2D eigenvalue weighted by molar-refractivity contribution is 0.0383. The summed E-state index contributed by atoms with van der Waals surface area (Å²) >= 11 is 0. The van der Waals surface area contributed by atoms with Gasteiger partial charge in [-0.1, -0.05) is 29.8 Å². The maximum Gasteiger partial charge on any atom is 0.0872 e. The van der Waals surface area contributed by atoms with Crippen LogP contribution < -0.4 is 0 Å². The molecule has 0 saturated heterocycles. The van der Waals surface area contributed by atoms with E-state index < -0.39 is 0 Å². The number of fused-ring (bicyclic) bond motifs is 1. The quantitative estimate of drug-likeness (QED) is 0.630. The fourth-order valence-corrected chi connectivity index (χ4v) is 2.51. The highest BCUT2D eigenvalue weighted by Gasteiger charge is 2.39. The van der Waals surface area contributed by atoms with E-state index in [1.54, 1.807) is 11.1 Å². The van der Waals surface area contributed by atoms with E-state index in [1.807, 2.05) is 0 Å². The van der Waals surface area contributed by atoms with E-state index >= 15 is 0 Å². The minimum absolute atomic E-state index is 0.294. The number of ether oxygens (including phenoxy) is 1. The van der Waals surface area contributed by atoms with Crippen LogP contribution in [0.15, 0.2) is 35.4 Å². The number of aryl methyl sites for hydroxylation is 1. The lowest BCUT2D eigenvalue weighted by Crippen LogP contribution is -2.12. The third-order valence-corrected chi connectivity index (χ3v) is 3.54. The average molecular weight is 200 g/mol. The van der Waals surface area contributed by atoms with Gasteiger partial charge >= 0.3 is 0 Å². The van der Waals surface area contributed by atoms with Gasteiger partial charge in [-0.05, 0) is 37.0 Å². The predicted octanol–water partition coefficient (Wildman–Crippen LogP) is 3.55. The van der Waals surface area contributed by atoms with Crippen LogP contribution in [-0.4, -0.2) is 6.10 Å². The zero-order valence-corrected chi connectivity index (χ0v) is 9.29. The van der Waals surface area contributed by atoms with Crippen molar-refractivity contribution in [3.05, 3.63) is 46.5 Å². The van der Waals surface area contributed by atoms with E-state index in [0.717, 1.165) is 6.42 Å². The van der Waals surface area contributed by atoms with E-state index in [2.05, 4.69) is 38.1 Å². The molecule has 2 atom stereocenters. The highest BCUT2D eigenvalue weighted by atomic mass is 16.5. The predicted molar refractivity (Wildman–Crippen MR) is 60.7 cm³/mol. The van der Waals surface area contributed by atoms with Gasteiger partial charge in [-0.3, -0.25) is 0 Å². The number of hydrogen-bond acceptors (Lipinski definition) is 1. The molecule has 1 heterocycles. The lowest BCUT2D eigenvalue weighted by atomic mass is 9.96. The van der Waals surface area contributed by atoms with E-state index in [1.165, 1.54) is 17.5 Å². The topological polar surface area (TPSA) is 9.23 Å². The molecule has 3 rings (SSSR count). The second-order valence-corrected chi connectivity index (χ2v) is 4.68. The fraction of sp³-hybridized carbons (Fsp3) is 0.429. The Bertz CT molecular complexity index is 431. The summed E-state index contributed by atoms with van der Waals surface area (Å²) in [6.45, 7) is 4.42. The monoisotopic (exact) mass is 200 g/mol. The van der Waals surface area contributed by atoms with Gasteiger partial charge in [-0.25, -0.2) is 0 Å². The molecule has 1 aromatic carbocycles. The summed E-state index contributed by atoms with van der Waals surface area (Å²) in [5.41, 5.74) is 5.82. The van der Waals surface area contributed by atoms with Crippen molar-refractivity contribution in [2.45, 2.75) is 38.9 Å². The molecule has 1 heteroatoms.